The number of hydrogen-bond acceptors (Lipinski definition) is 4. The summed E-state index contributed by atoms with van der Waals surface area (Å²) >= 11 is 0. The van der Waals surface area contributed by atoms with Crippen molar-refractivity contribution in [1.82, 2.24) is 4.98 Å². The Bertz CT molecular complexity index is 648. The number of piperidine rings is 1. The molecule has 1 amide bonds. The van der Waals surface area contributed by atoms with Gasteiger partial charge < -0.3 is 16.0 Å². The normalized spacial score (nSPS) is 14.6. The Morgan fingerprint density at radius 1 is 1.09 bits per heavy atom. The van der Waals surface area contributed by atoms with Crippen molar-refractivity contribution in [2.45, 2.75) is 19.3 Å². The number of benzene rings is 1. The molecule has 22 heavy (non-hydrogen) atoms. The van der Waals surface area contributed by atoms with E-state index >= 15 is 0 Å². The number of carbonyl (C=O) groups is 1. The van der Waals surface area contributed by atoms with Crippen LogP contribution in [0.1, 0.15) is 29.6 Å². The summed E-state index contributed by atoms with van der Waals surface area (Å²) in [6.45, 7) is 2.22. The van der Waals surface area contributed by atoms with Crippen LogP contribution in [0.15, 0.2) is 42.6 Å². The third kappa shape index (κ3) is 3.19. The van der Waals surface area contributed by atoms with Crippen LogP contribution in [0.4, 0.5) is 17.2 Å². The van der Waals surface area contributed by atoms with Gasteiger partial charge >= 0.3 is 0 Å². The Balaban J connectivity index is 1.68. The van der Waals surface area contributed by atoms with Gasteiger partial charge in [0.1, 0.15) is 5.82 Å². The standard InChI is InChI=1S/C17H20N4O/c18-16-15(5-4-10-19-16)17(22)20-13-6-8-14(9-7-13)21-11-2-1-3-12-21/h4-10H,1-3,11-12H2,(H2,18,19)(H,20,22). The molecule has 2 heterocycles. The monoisotopic (exact) mass is 296 g/mol. The number of hydrogen-bond donors (Lipinski definition) is 2. The van der Waals surface area contributed by atoms with E-state index in [1.54, 1.807) is 18.3 Å². The summed E-state index contributed by atoms with van der Waals surface area (Å²) in [5, 5.41) is 2.85. The van der Waals surface area contributed by atoms with Crippen LogP contribution in [-0.4, -0.2) is 24.0 Å². The molecule has 0 spiro atoms. The topological polar surface area (TPSA) is 71.2 Å². The average Bonchev–Trinajstić information content (AvgIpc) is 2.57. The summed E-state index contributed by atoms with van der Waals surface area (Å²) in [7, 11) is 0. The summed E-state index contributed by atoms with van der Waals surface area (Å²) in [6, 6.07) is 11.3. The number of aromatic nitrogens is 1. The Labute approximate surface area is 130 Å². The molecule has 0 radical (unpaired) electrons. The van der Waals surface area contributed by atoms with E-state index in [4.69, 9.17) is 5.73 Å². The van der Waals surface area contributed by atoms with Gasteiger partial charge in [0.15, 0.2) is 0 Å². The number of carbonyl (C=O) groups excluding carboxylic acids is 1. The molecule has 5 nitrogen and oxygen atoms in total. The molecule has 1 aromatic carbocycles. The van der Waals surface area contributed by atoms with Crippen molar-refractivity contribution < 1.29 is 4.79 Å². The molecular weight excluding hydrogens is 276 g/mol. The maximum absolute atomic E-state index is 12.2. The average molecular weight is 296 g/mol. The van der Waals surface area contributed by atoms with Gasteiger partial charge in [0.25, 0.3) is 5.91 Å². The van der Waals surface area contributed by atoms with Crippen LogP contribution >= 0.6 is 0 Å². The van der Waals surface area contributed by atoms with Gasteiger partial charge in [-0.3, -0.25) is 4.79 Å². The van der Waals surface area contributed by atoms with Crippen LogP contribution in [0.5, 0.6) is 0 Å². The molecule has 5 heteroatoms. The molecule has 0 aliphatic carbocycles. The molecular formula is C17H20N4O. The summed E-state index contributed by atoms with van der Waals surface area (Å²) < 4.78 is 0. The first-order chi connectivity index (χ1) is 10.7. The molecule has 3 N–H and O–H groups in total. The van der Waals surface area contributed by atoms with E-state index in [9.17, 15) is 4.79 Å². The molecule has 1 saturated heterocycles. The van der Waals surface area contributed by atoms with Crippen molar-refractivity contribution in [3.05, 3.63) is 48.2 Å². The molecule has 3 rings (SSSR count). The van der Waals surface area contributed by atoms with Crippen LogP contribution in [0.2, 0.25) is 0 Å². The fourth-order valence-corrected chi connectivity index (χ4v) is 2.72. The van der Waals surface area contributed by atoms with E-state index in [1.165, 1.54) is 24.9 Å². The van der Waals surface area contributed by atoms with Gasteiger partial charge in [0.2, 0.25) is 0 Å². The number of rotatable bonds is 3. The van der Waals surface area contributed by atoms with E-state index in [2.05, 4.69) is 15.2 Å². The van der Waals surface area contributed by atoms with Crippen molar-refractivity contribution in [2.24, 2.45) is 0 Å². The number of pyridine rings is 1. The first kappa shape index (κ1) is 14.4. The molecule has 0 bridgehead atoms. The van der Waals surface area contributed by atoms with Crippen LogP contribution in [0.25, 0.3) is 0 Å². The predicted molar refractivity (Wildman–Crippen MR) is 89.1 cm³/mol. The molecule has 114 valence electrons. The summed E-state index contributed by atoms with van der Waals surface area (Å²) in [5.41, 5.74) is 8.07. The van der Waals surface area contributed by atoms with Crippen molar-refractivity contribution in [3.8, 4) is 0 Å². The fraction of sp³-hybridized carbons (Fsp3) is 0.294. The number of nitrogens with one attached hydrogen (secondary N) is 1. The second kappa shape index (κ2) is 6.47. The molecule has 0 atom stereocenters. The Hall–Kier alpha value is -2.56. The molecule has 0 saturated carbocycles. The summed E-state index contributed by atoms with van der Waals surface area (Å²) in [4.78, 5) is 18.5. The van der Waals surface area contributed by atoms with E-state index in [0.29, 0.717) is 5.56 Å². The Morgan fingerprint density at radius 2 is 1.82 bits per heavy atom. The lowest BCUT2D eigenvalue weighted by molar-refractivity contribution is 0.102. The highest BCUT2D eigenvalue weighted by Gasteiger charge is 2.12. The van der Waals surface area contributed by atoms with Gasteiger partial charge in [-0.25, -0.2) is 4.98 Å². The van der Waals surface area contributed by atoms with E-state index in [1.807, 2.05) is 24.3 Å². The molecule has 1 aliphatic rings. The lowest BCUT2D eigenvalue weighted by Crippen LogP contribution is -2.29. The lowest BCUT2D eigenvalue weighted by atomic mass is 10.1. The Kier molecular flexibility index (Phi) is 4.23. The minimum Gasteiger partial charge on any atom is -0.383 e. The zero-order valence-corrected chi connectivity index (χ0v) is 12.5. The largest absolute Gasteiger partial charge is 0.383 e. The molecule has 1 aliphatic heterocycles. The van der Waals surface area contributed by atoms with E-state index in [0.717, 1.165) is 18.8 Å². The summed E-state index contributed by atoms with van der Waals surface area (Å²) in [5.74, 6) is 0.00117. The van der Waals surface area contributed by atoms with Crippen molar-refractivity contribution in [1.29, 1.82) is 0 Å². The third-order valence-electron chi connectivity index (χ3n) is 3.93. The second-order valence-corrected chi connectivity index (χ2v) is 5.48. The second-order valence-electron chi connectivity index (χ2n) is 5.48. The van der Waals surface area contributed by atoms with Crippen molar-refractivity contribution >= 4 is 23.1 Å². The molecule has 1 fully saturated rings. The van der Waals surface area contributed by atoms with Crippen LogP contribution in [-0.2, 0) is 0 Å². The highest BCUT2D eigenvalue weighted by molar-refractivity contribution is 6.07. The smallest absolute Gasteiger partial charge is 0.259 e. The van der Waals surface area contributed by atoms with E-state index in [-0.39, 0.29) is 11.7 Å². The van der Waals surface area contributed by atoms with E-state index < -0.39 is 0 Å². The fourth-order valence-electron chi connectivity index (χ4n) is 2.72. The van der Waals surface area contributed by atoms with Gasteiger partial charge in [-0.1, -0.05) is 0 Å². The molecule has 1 aromatic heterocycles. The SMILES string of the molecule is Nc1ncccc1C(=O)Nc1ccc(N2CCCCC2)cc1. The quantitative estimate of drug-likeness (QED) is 0.913. The minimum absolute atomic E-state index is 0.240. The number of nitrogen functional groups attached to an aromatic ring is 1. The zero-order valence-electron chi connectivity index (χ0n) is 12.5. The molecule has 2 aromatic rings. The molecule has 0 unspecified atom stereocenters. The highest BCUT2D eigenvalue weighted by Crippen LogP contribution is 2.22. The first-order valence-electron chi connectivity index (χ1n) is 7.61. The maximum Gasteiger partial charge on any atom is 0.259 e. The van der Waals surface area contributed by atoms with Gasteiger partial charge in [-0.15, -0.1) is 0 Å². The minimum atomic E-state index is -0.240. The number of nitrogens with zero attached hydrogens (tertiary/aromatic N) is 2. The van der Waals surface area contributed by atoms with Crippen LogP contribution in [0, 0.1) is 0 Å². The van der Waals surface area contributed by atoms with Gasteiger partial charge in [-0.2, -0.15) is 0 Å². The third-order valence-corrected chi connectivity index (χ3v) is 3.93. The van der Waals surface area contributed by atoms with Gasteiger partial charge in [0, 0.05) is 30.7 Å². The van der Waals surface area contributed by atoms with Crippen LogP contribution < -0.4 is 16.0 Å². The maximum atomic E-state index is 12.2. The van der Waals surface area contributed by atoms with Gasteiger partial charge in [-0.05, 0) is 55.7 Å². The van der Waals surface area contributed by atoms with Crippen molar-refractivity contribution in [2.75, 3.05) is 29.0 Å². The lowest BCUT2D eigenvalue weighted by Gasteiger charge is -2.28. The number of amides is 1. The number of nitrogens with two attached hydrogens (primary N) is 1. The Morgan fingerprint density at radius 3 is 2.50 bits per heavy atom. The number of anilines is 3. The summed E-state index contributed by atoms with van der Waals surface area (Å²) in [6.07, 6.45) is 5.38. The predicted octanol–water partition coefficient (Wildman–Crippen LogP) is 2.91. The van der Waals surface area contributed by atoms with Crippen molar-refractivity contribution in [3.63, 3.8) is 0 Å². The van der Waals surface area contributed by atoms with Gasteiger partial charge in [0.05, 0.1) is 5.56 Å². The zero-order chi connectivity index (χ0) is 15.4. The van der Waals surface area contributed by atoms with Crippen LogP contribution in [0.3, 0.4) is 0 Å². The highest BCUT2D eigenvalue weighted by atomic mass is 16.1. The first-order valence-corrected chi connectivity index (χ1v) is 7.61.